The molecular formula is C36H31BO3. The zero-order chi connectivity index (χ0) is 27.5. The lowest BCUT2D eigenvalue weighted by atomic mass is 9.76. The standard InChI is InChI=1S/C36H31BO3/c1-35(2)36(3,4)40-37(39-35)31-19-12-20-32-33(31)30-18-11-17-29(34(30)38-32)28-22-26(24-13-7-5-8-14-24)21-27(23-28)25-15-9-6-10-16-25/h5-23H,1-4H3. The first kappa shape index (κ1) is 24.9. The summed E-state index contributed by atoms with van der Waals surface area (Å²) in [5.41, 5.74) is 8.73. The molecule has 4 heteroatoms. The Morgan fingerprint density at radius 1 is 0.525 bits per heavy atom. The number of fused-ring (bicyclic) bond motifs is 3. The third-order valence-electron chi connectivity index (χ3n) is 8.52. The number of hydrogen-bond acceptors (Lipinski definition) is 3. The van der Waals surface area contributed by atoms with Crippen LogP contribution in [0.4, 0.5) is 0 Å². The van der Waals surface area contributed by atoms with E-state index in [0.29, 0.717) is 0 Å². The minimum atomic E-state index is -0.468. The molecule has 2 heterocycles. The Kier molecular flexibility index (Phi) is 5.74. The smallest absolute Gasteiger partial charge is 0.455 e. The van der Waals surface area contributed by atoms with E-state index in [4.69, 9.17) is 13.7 Å². The second-order valence-electron chi connectivity index (χ2n) is 11.6. The van der Waals surface area contributed by atoms with Crippen molar-refractivity contribution in [2.45, 2.75) is 38.9 Å². The number of benzene rings is 5. The van der Waals surface area contributed by atoms with Crippen LogP contribution in [0, 0.1) is 0 Å². The molecule has 0 bridgehead atoms. The zero-order valence-corrected chi connectivity index (χ0v) is 23.3. The van der Waals surface area contributed by atoms with Gasteiger partial charge in [0.2, 0.25) is 0 Å². The Hall–Kier alpha value is -4.12. The second-order valence-corrected chi connectivity index (χ2v) is 11.6. The molecule has 6 aromatic rings. The van der Waals surface area contributed by atoms with Gasteiger partial charge in [0.05, 0.1) is 11.2 Å². The summed E-state index contributed by atoms with van der Waals surface area (Å²) in [5, 5.41) is 2.10. The van der Waals surface area contributed by atoms with Gasteiger partial charge < -0.3 is 13.7 Å². The first-order valence-corrected chi connectivity index (χ1v) is 13.9. The van der Waals surface area contributed by atoms with Crippen molar-refractivity contribution < 1.29 is 13.7 Å². The summed E-state index contributed by atoms with van der Waals surface area (Å²) < 4.78 is 19.5. The molecule has 0 radical (unpaired) electrons. The van der Waals surface area contributed by atoms with Crippen molar-refractivity contribution in [3.63, 3.8) is 0 Å². The molecule has 1 aliphatic rings. The van der Waals surface area contributed by atoms with Gasteiger partial charge in [0.1, 0.15) is 11.2 Å². The molecule has 1 fully saturated rings. The number of rotatable bonds is 4. The molecule has 0 saturated carbocycles. The molecule has 1 saturated heterocycles. The van der Waals surface area contributed by atoms with Crippen LogP contribution in [0.15, 0.2) is 120 Å². The summed E-state index contributed by atoms with van der Waals surface area (Å²) in [6.45, 7) is 8.34. The van der Waals surface area contributed by atoms with Gasteiger partial charge in [-0.05, 0) is 85.2 Å². The molecule has 3 nitrogen and oxygen atoms in total. The lowest BCUT2D eigenvalue weighted by Gasteiger charge is -2.32. The van der Waals surface area contributed by atoms with Gasteiger partial charge in [-0.25, -0.2) is 0 Å². The molecule has 196 valence electrons. The van der Waals surface area contributed by atoms with E-state index in [1.165, 1.54) is 22.3 Å². The van der Waals surface area contributed by atoms with Gasteiger partial charge >= 0.3 is 7.12 Å². The van der Waals surface area contributed by atoms with Crippen LogP contribution in [0.2, 0.25) is 0 Å². The zero-order valence-electron chi connectivity index (χ0n) is 23.3. The van der Waals surface area contributed by atoms with E-state index in [2.05, 4.69) is 131 Å². The van der Waals surface area contributed by atoms with E-state index in [-0.39, 0.29) is 0 Å². The van der Waals surface area contributed by atoms with Gasteiger partial charge in [-0.15, -0.1) is 0 Å². The first-order chi connectivity index (χ1) is 19.3. The summed E-state index contributed by atoms with van der Waals surface area (Å²) in [5.74, 6) is 0. The fourth-order valence-corrected chi connectivity index (χ4v) is 5.65. The highest BCUT2D eigenvalue weighted by molar-refractivity contribution is 6.66. The van der Waals surface area contributed by atoms with E-state index in [1.54, 1.807) is 0 Å². The highest BCUT2D eigenvalue weighted by Crippen LogP contribution is 2.41. The molecule has 0 amide bonds. The van der Waals surface area contributed by atoms with Crippen molar-refractivity contribution in [3.8, 4) is 33.4 Å². The van der Waals surface area contributed by atoms with Crippen LogP contribution >= 0.6 is 0 Å². The van der Waals surface area contributed by atoms with Gasteiger partial charge in [-0.2, -0.15) is 0 Å². The SMILES string of the molecule is CC1(C)OB(c2cccc3oc4c(-c5cc(-c6ccccc6)cc(-c6ccccc6)c5)cccc4c23)OC1(C)C. The Bertz CT molecular complexity index is 1780. The van der Waals surface area contributed by atoms with Crippen molar-refractivity contribution in [3.05, 3.63) is 115 Å². The Morgan fingerprint density at radius 2 is 1.07 bits per heavy atom. The summed E-state index contributed by atoms with van der Waals surface area (Å²) in [4.78, 5) is 0. The van der Waals surface area contributed by atoms with E-state index in [9.17, 15) is 0 Å². The largest absolute Gasteiger partial charge is 0.495 e. The van der Waals surface area contributed by atoms with Crippen LogP contribution in [0.25, 0.3) is 55.3 Å². The average molecular weight is 522 g/mol. The number of hydrogen-bond donors (Lipinski definition) is 0. The normalized spacial score (nSPS) is 16.1. The maximum atomic E-state index is 6.62. The monoisotopic (exact) mass is 522 g/mol. The van der Waals surface area contributed by atoms with E-state index in [0.717, 1.165) is 38.5 Å². The Balaban J connectivity index is 1.43. The quantitative estimate of drug-likeness (QED) is 0.217. The van der Waals surface area contributed by atoms with Crippen LogP contribution in [-0.2, 0) is 9.31 Å². The van der Waals surface area contributed by atoms with Crippen molar-refractivity contribution in [2.75, 3.05) is 0 Å². The minimum absolute atomic E-state index is 0.420. The minimum Gasteiger partial charge on any atom is -0.455 e. The highest BCUT2D eigenvalue weighted by Gasteiger charge is 2.52. The molecule has 0 unspecified atom stereocenters. The van der Waals surface area contributed by atoms with Gasteiger partial charge in [0, 0.05) is 16.3 Å². The molecule has 40 heavy (non-hydrogen) atoms. The summed E-state index contributed by atoms with van der Waals surface area (Å²) in [6.07, 6.45) is 0. The van der Waals surface area contributed by atoms with Crippen LogP contribution in [0.3, 0.4) is 0 Å². The van der Waals surface area contributed by atoms with Crippen LogP contribution in [-0.4, -0.2) is 18.3 Å². The molecule has 0 spiro atoms. The van der Waals surface area contributed by atoms with E-state index >= 15 is 0 Å². The third kappa shape index (κ3) is 4.07. The van der Waals surface area contributed by atoms with Crippen molar-refractivity contribution in [1.82, 2.24) is 0 Å². The fraction of sp³-hybridized carbons (Fsp3) is 0.167. The first-order valence-electron chi connectivity index (χ1n) is 13.9. The lowest BCUT2D eigenvalue weighted by Crippen LogP contribution is -2.41. The van der Waals surface area contributed by atoms with Crippen molar-refractivity contribution >= 4 is 34.5 Å². The van der Waals surface area contributed by atoms with E-state index in [1.807, 2.05) is 12.1 Å². The van der Waals surface area contributed by atoms with Gasteiger partial charge in [0.25, 0.3) is 0 Å². The highest BCUT2D eigenvalue weighted by atomic mass is 16.7. The molecule has 0 N–H and O–H groups in total. The topological polar surface area (TPSA) is 31.6 Å². The molecular weight excluding hydrogens is 491 g/mol. The van der Waals surface area contributed by atoms with Crippen molar-refractivity contribution in [2.24, 2.45) is 0 Å². The molecule has 1 aromatic heterocycles. The average Bonchev–Trinajstić information content (AvgIpc) is 3.46. The maximum Gasteiger partial charge on any atom is 0.495 e. The number of furan rings is 1. The van der Waals surface area contributed by atoms with Crippen molar-refractivity contribution in [1.29, 1.82) is 0 Å². The van der Waals surface area contributed by atoms with Gasteiger partial charge in [-0.3, -0.25) is 0 Å². The summed E-state index contributed by atoms with van der Waals surface area (Å²) >= 11 is 0. The molecule has 0 atom stereocenters. The maximum absolute atomic E-state index is 6.62. The molecule has 0 aliphatic carbocycles. The molecule has 5 aromatic carbocycles. The Morgan fingerprint density at radius 3 is 1.68 bits per heavy atom. The van der Waals surface area contributed by atoms with Crippen LogP contribution < -0.4 is 5.46 Å². The molecule has 7 rings (SSSR count). The summed E-state index contributed by atoms with van der Waals surface area (Å²) in [6, 6.07) is 40.4. The third-order valence-corrected chi connectivity index (χ3v) is 8.52. The predicted octanol–water partition coefficient (Wildman–Crippen LogP) is 8.89. The predicted molar refractivity (Wildman–Crippen MR) is 166 cm³/mol. The van der Waals surface area contributed by atoms with Crippen LogP contribution in [0.1, 0.15) is 27.7 Å². The van der Waals surface area contributed by atoms with Gasteiger partial charge in [-0.1, -0.05) is 91.0 Å². The number of para-hydroxylation sites is 1. The van der Waals surface area contributed by atoms with Crippen LogP contribution in [0.5, 0.6) is 0 Å². The summed E-state index contributed by atoms with van der Waals surface area (Å²) in [7, 11) is -0.468. The molecule has 1 aliphatic heterocycles. The fourth-order valence-electron chi connectivity index (χ4n) is 5.65. The second kappa shape index (κ2) is 9.23. The Labute approximate surface area is 235 Å². The van der Waals surface area contributed by atoms with Gasteiger partial charge in [0.15, 0.2) is 0 Å². The van der Waals surface area contributed by atoms with E-state index < -0.39 is 18.3 Å². The lowest BCUT2D eigenvalue weighted by molar-refractivity contribution is 0.00578.